The minimum Gasteiger partial charge on any atom is -0.444 e. The number of nitrogens with one attached hydrogen (secondary N) is 2. The molecule has 26 heavy (non-hydrogen) atoms. The maximum Gasteiger partial charge on any atom is 0.408 e. The minimum absolute atomic E-state index is 0.125. The number of alkyl carbamates (subject to hydrolysis) is 1. The lowest BCUT2D eigenvalue weighted by Crippen LogP contribution is -2.47. The van der Waals surface area contributed by atoms with Crippen molar-refractivity contribution >= 4 is 23.6 Å². The van der Waals surface area contributed by atoms with Crippen molar-refractivity contribution < 1.29 is 14.3 Å². The second-order valence-electron chi connectivity index (χ2n) is 8.46. The van der Waals surface area contributed by atoms with E-state index in [9.17, 15) is 9.59 Å². The molecule has 1 aromatic heterocycles. The lowest BCUT2D eigenvalue weighted by atomic mass is 9.91. The Morgan fingerprint density at radius 3 is 2.27 bits per heavy atom. The van der Waals surface area contributed by atoms with Crippen LogP contribution in [0.3, 0.4) is 0 Å². The van der Waals surface area contributed by atoms with Gasteiger partial charge in [0.2, 0.25) is 5.28 Å². The Labute approximate surface area is 158 Å². The van der Waals surface area contributed by atoms with E-state index < -0.39 is 11.7 Å². The fraction of sp³-hybridized carbons (Fsp3) is 0.667. The molecular formula is C18H25ClN4O3. The molecule has 2 saturated carbocycles. The largest absolute Gasteiger partial charge is 0.444 e. The molecule has 3 rings (SSSR count). The molecule has 0 aromatic carbocycles. The summed E-state index contributed by atoms with van der Waals surface area (Å²) in [5, 5.41) is 6.32. The molecule has 1 heterocycles. The number of hydrogen-bond acceptors (Lipinski definition) is 5. The fourth-order valence-corrected chi connectivity index (χ4v) is 4.21. The molecule has 1 aromatic rings. The van der Waals surface area contributed by atoms with E-state index in [2.05, 4.69) is 20.6 Å². The van der Waals surface area contributed by atoms with Crippen LogP contribution in [-0.4, -0.2) is 38.6 Å². The van der Waals surface area contributed by atoms with Gasteiger partial charge in [-0.25, -0.2) is 14.8 Å². The van der Waals surface area contributed by atoms with Crippen molar-refractivity contribution in [1.29, 1.82) is 0 Å². The van der Waals surface area contributed by atoms with Gasteiger partial charge < -0.3 is 15.4 Å². The highest BCUT2D eigenvalue weighted by Crippen LogP contribution is 2.50. The summed E-state index contributed by atoms with van der Waals surface area (Å²) in [5.41, 5.74) is -0.171. The summed E-state index contributed by atoms with van der Waals surface area (Å²) >= 11 is 5.76. The lowest BCUT2D eigenvalue weighted by molar-refractivity contribution is 0.0458. The molecule has 0 atom stereocenters. The SMILES string of the molecule is Cc1nc(Cl)ncc1C(=O)NC12CCC(NC(=O)OC(C)(C)C)(CC1)C2. The molecule has 142 valence electrons. The third-order valence-corrected chi connectivity index (χ3v) is 5.36. The van der Waals surface area contributed by atoms with E-state index >= 15 is 0 Å². The Kier molecular flexibility index (Phi) is 4.63. The molecule has 2 N–H and O–H groups in total. The normalized spacial score (nSPS) is 27.3. The summed E-state index contributed by atoms with van der Waals surface area (Å²) in [6, 6.07) is 0. The van der Waals surface area contributed by atoms with Crippen molar-refractivity contribution in [2.75, 3.05) is 0 Å². The van der Waals surface area contributed by atoms with Gasteiger partial charge in [-0.2, -0.15) is 0 Å². The number of carbonyl (C=O) groups is 2. The molecule has 0 aliphatic heterocycles. The van der Waals surface area contributed by atoms with Gasteiger partial charge in [-0.05, 0) is 71.4 Å². The van der Waals surface area contributed by atoms with E-state index in [0.29, 0.717) is 17.7 Å². The van der Waals surface area contributed by atoms with Crippen LogP contribution in [0, 0.1) is 6.92 Å². The number of ether oxygens (including phenoxy) is 1. The first kappa shape index (κ1) is 18.9. The predicted molar refractivity (Wildman–Crippen MR) is 97.2 cm³/mol. The van der Waals surface area contributed by atoms with Gasteiger partial charge in [0.15, 0.2) is 0 Å². The van der Waals surface area contributed by atoms with Crippen molar-refractivity contribution in [2.45, 2.75) is 76.5 Å². The number of aromatic nitrogens is 2. The van der Waals surface area contributed by atoms with Crippen molar-refractivity contribution in [3.05, 3.63) is 22.7 Å². The van der Waals surface area contributed by atoms with E-state index in [-0.39, 0.29) is 22.3 Å². The first-order valence-electron chi connectivity index (χ1n) is 8.84. The average Bonchev–Trinajstić information content (AvgIpc) is 2.99. The zero-order chi connectivity index (χ0) is 19.2. The number of rotatable bonds is 3. The van der Waals surface area contributed by atoms with Gasteiger partial charge in [0.1, 0.15) is 5.60 Å². The van der Waals surface area contributed by atoms with Crippen molar-refractivity contribution in [3.63, 3.8) is 0 Å². The fourth-order valence-electron chi connectivity index (χ4n) is 4.04. The van der Waals surface area contributed by atoms with Crippen molar-refractivity contribution in [1.82, 2.24) is 20.6 Å². The molecule has 2 bridgehead atoms. The van der Waals surface area contributed by atoms with Crippen LogP contribution in [0.15, 0.2) is 6.20 Å². The molecular weight excluding hydrogens is 356 g/mol. The van der Waals surface area contributed by atoms with Crippen LogP contribution in [0.1, 0.15) is 68.9 Å². The number of aryl methyl sites for hydroxylation is 1. The van der Waals surface area contributed by atoms with Gasteiger partial charge in [-0.15, -0.1) is 0 Å². The average molecular weight is 381 g/mol. The van der Waals surface area contributed by atoms with Gasteiger partial charge in [0, 0.05) is 17.3 Å². The highest BCUT2D eigenvalue weighted by molar-refractivity contribution is 6.28. The smallest absolute Gasteiger partial charge is 0.408 e. The zero-order valence-corrected chi connectivity index (χ0v) is 16.4. The molecule has 8 heteroatoms. The second-order valence-corrected chi connectivity index (χ2v) is 8.79. The van der Waals surface area contributed by atoms with Gasteiger partial charge in [0.25, 0.3) is 5.91 Å². The van der Waals surface area contributed by atoms with Crippen LogP contribution >= 0.6 is 11.6 Å². The third kappa shape index (κ3) is 3.92. The summed E-state index contributed by atoms with van der Waals surface area (Å²) < 4.78 is 5.39. The Hall–Kier alpha value is -1.89. The standard InChI is InChI=1S/C18H25ClN4O3/c1-11-12(9-20-14(19)21-11)13(24)22-17-5-7-18(10-17,8-6-17)23-15(25)26-16(2,3)4/h9H,5-8,10H2,1-4H3,(H,22,24)(H,23,25). The Morgan fingerprint density at radius 1 is 1.15 bits per heavy atom. The molecule has 2 aliphatic carbocycles. The zero-order valence-electron chi connectivity index (χ0n) is 15.6. The van der Waals surface area contributed by atoms with Gasteiger partial charge in [-0.3, -0.25) is 4.79 Å². The van der Waals surface area contributed by atoms with Crippen LogP contribution in [0.25, 0.3) is 0 Å². The van der Waals surface area contributed by atoms with Crippen molar-refractivity contribution in [3.8, 4) is 0 Å². The second kappa shape index (κ2) is 6.37. The minimum atomic E-state index is -0.532. The maximum absolute atomic E-state index is 12.7. The van der Waals surface area contributed by atoms with E-state index in [4.69, 9.17) is 16.3 Å². The quantitative estimate of drug-likeness (QED) is 0.785. The maximum atomic E-state index is 12.7. The lowest BCUT2D eigenvalue weighted by Gasteiger charge is -2.30. The number of nitrogens with zero attached hydrogens (tertiary/aromatic N) is 2. The van der Waals surface area contributed by atoms with Crippen LogP contribution < -0.4 is 10.6 Å². The van der Waals surface area contributed by atoms with Crippen LogP contribution in [0.2, 0.25) is 5.28 Å². The first-order valence-corrected chi connectivity index (χ1v) is 9.22. The molecule has 0 unspecified atom stereocenters. The van der Waals surface area contributed by atoms with Gasteiger partial charge in [-0.1, -0.05) is 0 Å². The topological polar surface area (TPSA) is 93.2 Å². The summed E-state index contributed by atoms with van der Waals surface area (Å²) in [6.07, 6.45) is 5.05. The van der Waals surface area contributed by atoms with Crippen LogP contribution in [0.5, 0.6) is 0 Å². The molecule has 0 spiro atoms. The highest BCUT2D eigenvalue weighted by Gasteiger charge is 2.56. The number of hydrogen-bond donors (Lipinski definition) is 2. The van der Waals surface area contributed by atoms with E-state index in [0.717, 1.165) is 25.7 Å². The Balaban J connectivity index is 1.66. The van der Waals surface area contributed by atoms with Crippen molar-refractivity contribution in [2.24, 2.45) is 0 Å². The molecule has 2 fully saturated rings. The molecule has 7 nitrogen and oxygen atoms in total. The molecule has 2 amide bonds. The number of fused-ring (bicyclic) bond motifs is 2. The van der Waals surface area contributed by atoms with Crippen LogP contribution in [-0.2, 0) is 4.74 Å². The number of halogens is 1. The molecule has 0 saturated heterocycles. The molecule has 2 aliphatic rings. The van der Waals surface area contributed by atoms with E-state index in [1.54, 1.807) is 6.92 Å². The monoisotopic (exact) mass is 380 g/mol. The predicted octanol–water partition coefficient (Wildman–Crippen LogP) is 3.15. The highest BCUT2D eigenvalue weighted by atomic mass is 35.5. The Bertz CT molecular complexity index is 736. The third-order valence-electron chi connectivity index (χ3n) is 5.18. The Morgan fingerprint density at radius 2 is 1.73 bits per heavy atom. The van der Waals surface area contributed by atoms with E-state index in [1.165, 1.54) is 6.20 Å². The molecule has 0 radical (unpaired) electrons. The summed E-state index contributed by atoms with van der Waals surface area (Å²) in [5.74, 6) is -0.200. The summed E-state index contributed by atoms with van der Waals surface area (Å²) in [4.78, 5) is 32.8. The summed E-state index contributed by atoms with van der Waals surface area (Å²) in [6.45, 7) is 7.26. The first-order chi connectivity index (χ1) is 12.0. The van der Waals surface area contributed by atoms with Crippen LogP contribution in [0.4, 0.5) is 4.79 Å². The summed E-state index contributed by atoms with van der Waals surface area (Å²) in [7, 11) is 0. The van der Waals surface area contributed by atoms with Gasteiger partial charge in [0.05, 0.1) is 11.3 Å². The number of amides is 2. The number of carbonyl (C=O) groups excluding carboxylic acids is 2. The van der Waals surface area contributed by atoms with Gasteiger partial charge >= 0.3 is 6.09 Å². The van der Waals surface area contributed by atoms with E-state index in [1.807, 2.05) is 20.8 Å².